The zero-order valence-electron chi connectivity index (χ0n) is 19.9. The fraction of sp³-hybridized carbons (Fsp3) is 0.400. The van der Waals surface area contributed by atoms with Crippen molar-refractivity contribution >= 4 is 29.3 Å². The van der Waals surface area contributed by atoms with Gasteiger partial charge in [0.15, 0.2) is 5.78 Å². The maximum absolute atomic E-state index is 12.9. The van der Waals surface area contributed by atoms with Crippen LogP contribution in [0.3, 0.4) is 0 Å². The third-order valence-electron chi connectivity index (χ3n) is 5.10. The Balaban J connectivity index is 2.07. The number of ether oxygens (including phenoxy) is 2. The van der Waals surface area contributed by atoms with Crippen molar-refractivity contribution in [2.45, 2.75) is 45.4 Å². The molecule has 34 heavy (non-hydrogen) atoms. The second-order valence-electron chi connectivity index (χ2n) is 7.77. The van der Waals surface area contributed by atoms with Crippen LogP contribution in [0.15, 0.2) is 45.3 Å². The van der Waals surface area contributed by atoms with E-state index in [1.807, 2.05) is 19.1 Å². The number of carbonyl (C=O) groups is 2. The number of allylic oxidation sites excluding steroid dienone is 2. The first-order valence-corrected chi connectivity index (χ1v) is 11.8. The van der Waals surface area contributed by atoms with Crippen LogP contribution in [0.1, 0.15) is 64.9 Å². The van der Waals surface area contributed by atoms with Gasteiger partial charge >= 0.3 is 11.7 Å². The molecule has 0 aliphatic carbocycles. The molecule has 0 bridgehead atoms. The van der Waals surface area contributed by atoms with E-state index in [0.717, 1.165) is 17.7 Å². The van der Waals surface area contributed by atoms with Crippen LogP contribution in [0.5, 0.6) is 5.75 Å². The molecule has 9 heteroatoms. The first-order chi connectivity index (χ1) is 16.3. The van der Waals surface area contributed by atoms with E-state index in [2.05, 4.69) is 10.1 Å². The number of methoxy groups -OCH3 is 2. The molecule has 184 valence electrons. The number of nitrogens with one attached hydrogen (secondary N) is 1. The lowest BCUT2D eigenvalue weighted by molar-refractivity contribution is 0.102. The van der Waals surface area contributed by atoms with Crippen molar-refractivity contribution in [2.24, 2.45) is 0 Å². The first-order valence-electron chi connectivity index (χ1n) is 10.9. The third-order valence-corrected chi connectivity index (χ3v) is 6.20. The number of Topliss-reactive ketones (excluding diaryl/α,β-unsaturated/α-hetero) is 1. The molecule has 0 fully saturated rings. The van der Waals surface area contributed by atoms with Crippen LogP contribution < -0.4 is 10.9 Å². The van der Waals surface area contributed by atoms with Crippen molar-refractivity contribution in [1.29, 1.82) is 0 Å². The molecule has 2 N–H and O–H groups in total. The summed E-state index contributed by atoms with van der Waals surface area (Å²) < 4.78 is 14.9. The summed E-state index contributed by atoms with van der Waals surface area (Å²) >= 11 is 1.57. The van der Waals surface area contributed by atoms with Crippen LogP contribution in [-0.4, -0.2) is 37.8 Å². The van der Waals surface area contributed by atoms with Crippen LogP contribution in [0, 0.1) is 0 Å². The lowest BCUT2D eigenvalue weighted by Gasteiger charge is -2.11. The molecule has 0 saturated heterocycles. The van der Waals surface area contributed by atoms with E-state index in [4.69, 9.17) is 9.15 Å². The van der Waals surface area contributed by atoms with Gasteiger partial charge < -0.3 is 19.0 Å². The fourth-order valence-corrected chi connectivity index (χ4v) is 4.24. The molecule has 1 unspecified atom stereocenters. The van der Waals surface area contributed by atoms with E-state index in [1.54, 1.807) is 37.5 Å². The summed E-state index contributed by atoms with van der Waals surface area (Å²) in [6.07, 6.45) is 7.35. The second-order valence-corrected chi connectivity index (χ2v) is 8.97. The molecule has 0 aliphatic rings. The SMILES string of the molecule is COCCCc1ccc(/C=C(\C)C(=O)c2c(O)cc(C(C)CC/C=C/NC(=O)OC)oc2=O)s1. The monoisotopic (exact) mass is 489 g/mol. The van der Waals surface area contributed by atoms with Gasteiger partial charge in [-0.05, 0) is 56.4 Å². The van der Waals surface area contributed by atoms with Gasteiger partial charge in [-0.3, -0.25) is 10.1 Å². The number of hydrogen-bond donors (Lipinski definition) is 2. The topological polar surface area (TPSA) is 115 Å². The molecule has 0 spiro atoms. The summed E-state index contributed by atoms with van der Waals surface area (Å²) in [4.78, 5) is 38.5. The maximum Gasteiger partial charge on any atom is 0.410 e. The zero-order chi connectivity index (χ0) is 25.1. The molecule has 0 aliphatic heterocycles. The maximum atomic E-state index is 12.9. The second kappa shape index (κ2) is 13.5. The Bertz CT molecular complexity index is 1100. The van der Waals surface area contributed by atoms with Gasteiger partial charge in [-0.25, -0.2) is 9.59 Å². The van der Waals surface area contributed by atoms with Crippen molar-refractivity contribution in [1.82, 2.24) is 5.32 Å². The number of aromatic hydroxyl groups is 1. The van der Waals surface area contributed by atoms with Gasteiger partial charge in [0.2, 0.25) is 0 Å². The summed E-state index contributed by atoms with van der Waals surface area (Å²) in [5.74, 6) is -0.874. The van der Waals surface area contributed by atoms with Crippen molar-refractivity contribution in [2.75, 3.05) is 20.8 Å². The molecule has 8 nitrogen and oxygen atoms in total. The van der Waals surface area contributed by atoms with Crippen LogP contribution >= 0.6 is 11.3 Å². The number of rotatable bonds is 12. The Morgan fingerprint density at radius 2 is 2.06 bits per heavy atom. The Morgan fingerprint density at radius 1 is 1.29 bits per heavy atom. The van der Waals surface area contributed by atoms with Gasteiger partial charge in [-0.15, -0.1) is 11.3 Å². The fourth-order valence-electron chi connectivity index (χ4n) is 3.18. The highest BCUT2D eigenvalue weighted by atomic mass is 32.1. The number of hydrogen-bond acceptors (Lipinski definition) is 8. The molecule has 0 saturated carbocycles. The van der Waals surface area contributed by atoms with Gasteiger partial charge in [0.1, 0.15) is 17.1 Å². The molecule has 2 rings (SSSR count). The Morgan fingerprint density at radius 3 is 2.74 bits per heavy atom. The van der Waals surface area contributed by atoms with Crippen LogP contribution in [-0.2, 0) is 15.9 Å². The van der Waals surface area contributed by atoms with E-state index >= 15 is 0 Å². The minimum absolute atomic E-state index is 0.190. The van der Waals surface area contributed by atoms with Gasteiger partial charge in [0.25, 0.3) is 0 Å². The van der Waals surface area contributed by atoms with Crippen molar-refractivity contribution in [3.63, 3.8) is 0 Å². The summed E-state index contributed by atoms with van der Waals surface area (Å²) in [7, 11) is 2.94. The standard InChI is InChI=1S/C25H31NO7S/c1-16(8-5-6-12-26-25(30)32-4)21-15-20(27)22(24(29)33-21)23(28)17(2)14-19-11-10-18(34-19)9-7-13-31-3/h6,10-12,14-16,27H,5,7-9,13H2,1-4H3,(H,26,30)/b12-6+,17-14+. The van der Waals surface area contributed by atoms with E-state index in [9.17, 15) is 19.5 Å². The van der Waals surface area contributed by atoms with Crippen LogP contribution in [0.2, 0.25) is 0 Å². The van der Waals surface area contributed by atoms with Gasteiger partial charge in [0, 0.05) is 41.7 Å². The third kappa shape index (κ3) is 8.00. The molecule has 0 aromatic carbocycles. The Hall–Kier alpha value is -3.17. The Labute approximate surface area is 202 Å². The number of carbonyl (C=O) groups excluding carboxylic acids is 2. The van der Waals surface area contributed by atoms with Crippen molar-refractivity contribution in [3.05, 3.63) is 67.5 Å². The lowest BCUT2D eigenvalue weighted by atomic mass is 10.00. The van der Waals surface area contributed by atoms with Gasteiger partial charge in [0.05, 0.1) is 7.11 Å². The van der Waals surface area contributed by atoms with Gasteiger partial charge in [-0.2, -0.15) is 0 Å². The predicted octanol–water partition coefficient (Wildman–Crippen LogP) is 5.03. The Kier molecular flexibility index (Phi) is 10.8. The van der Waals surface area contributed by atoms with Crippen LogP contribution in [0.4, 0.5) is 4.79 Å². The average molecular weight is 490 g/mol. The number of ketones is 1. The smallest absolute Gasteiger partial charge is 0.410 e. The summed E-state index contributed by atoms with van der Waals surface area (Å²) in [5, 5.41) is 12.9. The molecule has 1 atom stereocenters. The molecule has 2 aromatic rings. The highest BCUT2D eigenvalue weighted by molar-refractivity contribution is 7.12. The molecule has 2 aromatic heterocycles. The average Bonchev–Trinajstić information content (AvgIpc) is 3.25. The minimum atomic E-state index is -0.867. The number of aryl methyl sites for hydroxylation is 1. The number of alkyl carbamates (subject to hydrolysis) is 1. The van der Waals surface area contributed by atoms with E-state index in [-0.39, 0.29) is 17.2 Å². The van der Waals surface area contributed by atoms with E-state index in [0.29, 0.717) is 25.0 Å². The molecular weight excluding hydrogens is 458 g/mol. The van der Waals surface area contributed by atoms with Crippen LogP contribution in [0.25, 0.3) is 6.08 Å². The summed E-state index contributed by atoms with van der Waals surface area (Å²) in [6.45, 7) is 4.14. The summed E-state index contributed by atoms with van der Waals surface area (Å²) in [5.41, 5.74) is -0.908. The normalized spacial score (nSPS) is 12.6. The molecule has 0 radical (unpaired) electrons. The summed E-state index contributed by atoms with van der Waals surface area (Å²) in [6, 6.07) is 5.25. The highest BCUT2D eigenvalue weighted by Gasteiger charge is 2.22. The zero-order valence-corrected chi connectivity index (χ0v) is 20.7. The first kappa shape index (κ1) is 27.1. The van der Waals surface area contributed by atoms with E-state index in [1.165, 1.54) is 24.3 Å². The molecule has 2 heterocycles. The lowest BCUT2D eigenvalue weighted by Crippen LogP contribution is -2.16. The quantitative estimate of drug-likeness (QED) is 0.244. The van der Waals surface area contributed by atoms with Crippen molar-refractivity contribution < 1.29 is 28.6 Å². The van der Waals surface area contributed by atoms with E-state index < -0.39 is 23.3 Å². The largest absolute Gasteiger partial charge is 0.507 e. The molecule has 1 amide bonds. The van der Waals surface area contributed by atoms with Gasteiger partial charge in [-0.1, -0.05) is 13.0 Å². The number of thiophene rings is 1. The number of amides is 1. The molecular formula is C25H31NO7S. The predicted molar refractivity (Wildman–Crippen MR) is 131 cm³/mol. The minimum Gasteiger partial charge on any atom is -0.507 e. The highest BCUT2D eigenvalue weighted by Crippen LogP contribution is 2.27. The van der Waals surface area contributed by atoms with Crippen molar-refractivity contribution in [3.8, 4) is 5.75 Å².